The van der Waals surface area contributed by atoms with Crippen LogP contribution in [0.2, 0.25) is 0 Å². The Morgan fingerprint density at radius 3 is 1.90 bits per heavy atom. The van der Waals surface area contributed by atoms with Crippen LogP contribution in [0.4, 0.5) is 0 Å². The van der Waals surface area contributed by atoms with E-state index in [0.29, 0.717) is 5.75 Å². The van der Waals surface area contributed by atoms with Gasteiger partial charge in [-0.1, -0.05) is 84.9 Å². The molecule has 102 valence electrons. The van der Waals surface area contributed by atoms with E-state index in [1.165, 1.54) is 11.1 Å². The third-order valence-electron chi connectivity index (χ3n) is 3.41. The molecule has 3 aromatic rings. The highest BCUT2D eigenvalue weighted by molar-refractivity contribution is 5.74. The van der Waals surface area contributed by atoms with Crippen LogP contribution in [-0.2, 0) is 0 Å². The zero-order valence-electron chi connectivity index (χ0n) is 11.6. The van der Waals surface area contributed by atoms with Crippen LogP contribution < -0.4 is 0 Å². The van der Waals surface area contributed by atoms with Crippen molar-refractivity contribution in [2.24, 2.45) is 0 Å². The van der Waals surface area contributed by atoms with Gasteiger partial charge >= 0.3 is 0 Å². The van der Waals surface area contributed by atoms with E-state index in [1.54, 1.807) is 6.07 Å². The van der Waals surface area contributed by atoms with E-state index in [0.717, 1.165) is 11.1 Å². The fraction of sp³-hybridized carbons (Fsp3) is 0. The van der Waals surface area contributed by atoms with Gasteiger partial charge in [-0.05, 0) is 22.8 Å². The summed E-state index contributed by atoms with van der Waals surface area (Å²) in [6.07, 6.45) is 3.93. The Morgan fingerprint density at radius 2 is 1.19 bits per heavy atom. The molecule has 1 N–H and O–H groups in total. The van der Waals surface area contributed by atoms with Gasteiger partial charge in [0.25, 0.3) is 0 Å². The van der Waals surface area contributed by atoms with Gasteiger partial charge < -0.3 is 5.11 Å². The molecule has 0 spiro atoms. The SMILES string of the molecule is Oc1ccccc1C=Cc1ccc(-c2ccccc2)cc1. The van der Waals surface area contributed by atoms with Crippen molar-refractivity contribution in [1.82, 2.24) is 0 Å². The molecule has 1 nitrogen and oxygen atoms in total. The number of hydrogen-bond acceptors (Lipinski definition) is 1. The summed E-state index contributed by atoms with van der Waals surface area (Å²) in [6.45, 7) is 0. The lowest BCUT2D eigenvalue weighted by molar-refractivity contribution is 0.474. The summed E-state index contributed by atoms with van der Waals surface area (Å²) in [6, 6.07) is 26.0. The summed E-state index contributed by atoms with van der Waals surface area (Å²) >= 11 is 0. The standard InChI is InChI=1S/C20H16O/c21-20-9-5-4-8-19(20)15-12-16-10-13-18(14-11-16)17-6-2-1-3-7-17/h1-15,21H. The number of phenolic OH excluding ortho intramolecular Hbond substituents is 1. The third-order valence-corrected chi connectivity index (χ3v) is 3.41. The van der Waals surface area contributed by atoms with Gasteiger partial charge in [0.1, 0.15) is 5.75 Å². The largest absolute Gasteiger partial charge is 0.507 e. The molecule has 0 bridgehead atoms. The lowest BCUT2D eigenvalue weighted by Crippen LogP contribution is -1.78. The minimum atomic E-state index is 0.301. The maximum absolute atomic E-state index is 9.73. The molecule has 0 aliphatic heterocycles. The number of para-hydroxylation sites is 1. The highest BCUT2D eigenvalue weighted by Crippen LogP contribution is 2.21. The molecule has 0 atom stereocenters. The predicted molar refractivity (Wildman–Crippen MR) is 88.9 cm³/mol. The Kier molecular flexibility index (Phi) is 3.83. The number of aromatic hydroxyl groups is 1. The molecular weight excluding hydrogens is 256 g/mol. The summed E-state index contributed by atoms with van der Waals surface area (Å²) in [4.78, 5) is 0. The molecular formula is C20H16O. The summed E-state index contributed by atoms with van der Waals surface area (Å²) in [7, 11) is 0. The average molecular weight is 272 g/mol. The van der Waals surface area contributed by atoms with E-state index in [-0.39, 0.29) is 0 Å². The summed E-state index contributed by atoms with van der Waals surface area (Å²) in [5.74, 6) is 0.301. The topological polar surface area (TPSA) is 20.2 Å². The molecule has 21 heavy (non-hydrogen) atoms. The second kappa shape index (κ2) is 6.10. The van der Waals surface area contributed by atoms with E-state index in [9.17, 15) is 5.11 Å². The van der Waals surface area contributed by atoms with Crippen molar-refractivity contribution in [3.8, 4) is 16.9 Å². The molecule has 0 aliphatic rings. The monoisotopic (exact) mass is 272 g/mol. The first-order valence-electron chi connectivity index (χ1n) is 6.94. The molecule has 1 heteroatoms. The fourth-order valence-corrected chi connectivity index (χ4v) is 2.23. The number of rotatable bonds is 3. The highest BCUT2D eigenvalue weighted by Gasteiger charge is 1.97. The van der Waals surface area contributed by atoms with Crippen LogP contribution in [-0.4, -0.2) is 5.11 Å². The van der Waals surface area contributed by atoms with Crippen molar-refractivity contribution in [3.63, 3.8) is 0 Å². The molecule has 0 fully saturated rings. The van der Waals surface area contributed by atoms with Crippen molar-refractivity contribution in [2.45, 2.75) is 0 Å². The quantitative estimate of drug-likeness (QED) is 0.647. The molecule has 0 aliphatic carbocycles. The lowest BCUT2D eigenvalue weighted by atomic mass is 10.0. The Hall–Kier alpha value is -2.80. The Bertz CT molecular complexity index is 740. The van der Waals surface area contributed by atoms with E-state index in [2.05, 4.69) is 36.4 Å². The van der Waals surface area contributed by atoms with Gasteiger partial charge in [-0.15, -0.1) is 0 Å². The molecule has 3 rings (SSSR count). The van der Waals surface area contributed by atoms with E-state index >= 15 is 0 Å². The maximum atomic E-state index is 9.73. The van der Waals surface area contributed by atoms with Crippen LogP contribution in [0.3, 0.4) is 0 Å². The lowest BCUT2D eigenvalue weighted by Gasteiger charge is -2.02. The molecule has 0 aromatic heterocycles. The molecule has 0 heterocycles. The van der Waals surface area contributed by atoms with Gasteiger partial charge in [0.05, 0.1) is 0 Å². The Balaban J connectivity index is 1.81. The highest BCUT2D eigenvalue weighted by atomic mass is 16.3. The van der Waals surface area contributed by atoms with Crippen LogP contribution in [0.25, 0.3) is 23.3 Å². The molecule has 0 radical (unpaired) electrons. The Morgan fingerprint density at radius 1 is 0.571 bits per heavy atom. The van der Waals surface area contributed by atoms with Crippen molar-refractivity contribution < 1.29 is 5.11 Å². The summed E-state index contributed by atoms with van der Waals surface area (Å²) in [5, 5.41) is 9.73. The summed E-state index contributed by atoms with van der Waals surface area (Å²) < 4.78 is 0. The zero-order valence-corrected chi connectivity index (χ0v) is 11.6. The van der Waals surface area contributed by atoms with Gasteiger partial charge in [-0.3, -0.25) is 0 Å². The van der Waals surface area contributed by atoms with Crippen LogP contribution in [0, 0.1) is 0 Å². The maximum Gasteiger partial charge on any atom is 0.122 e. The zero-order chi connectivity index (χ0) is 14.5. The van der Waals surface area contributed by atoms with Crippen LogP contribution >= 0.6 is 0 Å². The van der Waals surface area contributed by atoms with Gasteiger partial charge in [0.15, 0.2) is 0 Å². The second-order valence-corrected chi connectivity index (χ2v) is 4.88. The van der Waals surface area contributed by atoms with Gasteiger partial charge in [-0.2, -0.15) is 0 Å². The molecule has 0 saturated carbocycles. The van der Waals surface area contributed by atoms with Gasteiger partial charge in [0.2, 0.25) is 0 Å². The minimum Gasteiger partial charge on any atom is -0.507 e. The third kappa shape index (κ3) is 3.21. The van der Waals surface area contributed by atoms with Crippen molar-refractivity contribution >= 4 is 12.2 Å². The first kappa shape index (κ1) is 13.2. The van der Waals surface area contributed by atoms with Crippen molar-refractivity contribution in [3.05, 3.63) is 90.0 Å². The van der Waals surface area contributed by atoms with Crippen molar-refractivity contribution in [1.29, 1.82) is 0 Å². The van der Waals surface area contributed by atoms with E-state index in [4.69, 9.17) is 0 Å². The number of phenols is 1. The number of benzene rings is 3. The second-order valence-electron chi connectivity index (χ2n) is 4.88. The van der Waals surface area contributed by atoms with Gasteiger partial charge in [-0.25, -0.2) is 0 Å². The fourth-order valence-electron chi connectivity index (χ4n) is 2.23. The van der Waals surface area contributed by atoms with E-state index < -0.39 is 0 Å². The molecule has 0 unspecified atom stereocenters. The van der Waals surface area contributed by atoms with Crippen LogP contribution in [0.5, 0.6) is 5.75 Å². The van der Waals surface area contributed by atoms with Crippen molar-refractivity contribution in [2.75, 3.05) is 0 Å². The Labute approximate surface area is 124 Å². The molecule has 3 aromatic carbocycles. The minimum absolute atomic E-state index is 0.301. The average Bonchev–Trinajstić information content (AvgIpc) is 2.55. The van der Waals surface area contributed by atoms with Gasteiger partial charge in [0, 0.05) is 5.56 Å². The predicted octanol–water partition coefficient (Wildman–Crippen LogP) is 5.23. The van der Waals surface area contributed by atoms with E-state index in [1.807, 2.05) is 48.6 Å². The van der Waals surface area contributed by atoms with Crippen LogP contribution in [0.1, 0.15) is 11.1 Å². The normalized spacial score (nSPS) is 10.9. The van der Waals surface area contributed by atoms with Crippen LogP contribution in [0.15, 0.2) is 78.9 Å². The number of hydrogen-bond donors (Lipinski definition) is 1. The summed E-state index contributed by atoms with van der Waals surface area (Å²) in [5.41, 5.74) is 4.35. The first-order chi connectivity index (χ1) is 10.3. The smallest absolute Gasteiger partial charge is 0.122 e. The molecule has 0 amide bonds. The first-order valence-corrected chi connectivity index (χ1v) is 6.94. The molecule has 0 saturated heterocycles.